The van der Waals surface area contributed by atoms with Crippen molar-refractivity contribution >= 4 is 9.53 Å². The summed E-state index contributed by atoms with van der Waals surface area (Å²) in [6.07, 6.45) is 3.26. The van der Waals surface area contributed by atoms with E-state index in [9.17, 15) is 0 Å². The van der Waals surface area contributed by atoms with Crippen molar-refractivity contribution in [2.24, 2.45) is 0 Å². The van der Waals surface area contributed by atoms with Gasteiger partial charge in [-0.2, -0.15) is 5.01 Å². The van der Waals surface area contributed by atoms with E-state index in [0.29, 0.717) is 19.8 Å². The summed E-state index contributed by atoms with van der Waals surface area (Å²) in [5.74, 6) is 0. The molecule has 23 heavy (non-hydrogen) atoms. The summed E-state index contributed by atoms with van der Waals surface area (Å²) in [5, 5.41) is 3.64. The van der Waals surface area contributed by atoms with Gasteiger partial charge in [-0.05, 0) is 40.0 Å². The van der Waals surface area contributed by atoms with Crippen LogP contribution in [0.1, 0.15) is 53.9 Å². The zero-order valence-corrected chi connectivity index (χ0v) is 16.7. The average Bonchev–Trinajstić information content (AvgIpc) is 2.49. The molecule has 7 nitrogen and oxygen atoms in total. The summed E-state index contributed by atoms with van der Waals surface area (Å²) in [4.78, 5) is 10.9. The number of rotatable bonds is 13. The fourth-order valence-corrected chi connectivity index (χ4v) is 2.66. The van der Waals surface area contributed by atoms with Crippen LogP contribution in [0.3, 0.4) is 0 Å². The monoisotopic (exact) mass is 352 g/mol. The first kappa shape index (κ1) is 22.9. The van der Waals surface area contributed by atoms with Crippen LogP contribution in [0.4, 0.5) is 0 Å². The highest BCUT2D eigenvalue weighted by molar-refractivity contribution is 6.36. The third-order valence-electron chi connectivity index (χ3n) is 2.78. The van der Waals surface area contributed by atoms with Crippen LogP contribution < -0.4 is 0 Å². The first-order valence-electron chi connectivity index (χ1n) is 8.88. The topological polar surface area (TPSA) is 52.6 Å². The summed E-state index contributed by atoms with van der Waals surface area (Å²) >= 11 is 0. The molecule has 0 atom stereocenters. The Morgan fingerprint density at radius 3 is 1.48 bits per heavy atom. The van der Waals surface area contributed by atoms with Gasteiger partial charge in [0.05, 0.1) is 13.2 Å². The summed E-state index contributed by atoms with van der Waals surface area (Å²) in [6, 6.07) is 0. The van der Waals surface area contributed by atoms with E-state index in [0.717, 1.165) is 39.1 Å². The van der Waals surface area contributed by atoms with Crippen molar-refractivity contribution in [1.82, 2.24) is 10.3 Å². The van der Waals surface area contributed by atoms with Crippen LogP contribution >= 0.6 is 0 Å². The lowest BCUT2D eigenvalue weighted by Gasteiger charge is -2.37. The number of hydrogen-bond donors (Lipinski definition) is 0. The number of hydrazine groups is 1. The van der Waals surface area contributed by atoms with E-state index < -0.39 is 9.53 Å². The normalized spacial score (nSPS) is 14.7. The van der Waals surface area contributed by atoms with Gasteiger partial charge >= 0.3 is 9.53 Å². The Hall–Kier alpha value is -0.0631. The third-order valence-corrected chi connectivity index (χ3v) is 4.60. The Balaban J connectivity index is 0.000000438. The van der Waals surface area contributed by atoms with Crippen LogP contribution in [-0.2, 0) is 23.0 Å². The van der Waals surface area contributed by atoms with E-state index in [1.807, 2.05) is 20.8 Å². The maximum atomic E-state index is 5.43. The predicted molar refractivity (Wildman–Crippen MR) is 92.5 cm³/mol. The molecule has 0 aromatic heterocycles. The summed E-state index contributed by atoms with van der Waals surface area (Å²) in [5.41, 5.74) is 0. The maximum absolute atomic E-state index is 5.43. The molecule has 0 amide bonds. The predicted octanol–water partition coefficient (Wildman–Crippen LogP) is 2.41. The molecule has 1 heterocycles. The Morgan fingerprint density at radius 2 is 1.22 bits per heavy atom. The maximum Gasteiger partial charge on any atom is 0.484 e. The van der Waals surface area contributed by atoms with Crippen molar-refractivity contribution < 1.29 is 23.0 Å². The fraction of sp³-hybridized carbons (Fsp3) is 1.00. The third kappa shape index (κ3) is 12.0. The van der Waals surface area contributed by atoms with Gasteiger partial charge in [-0.15, -0.1) is 0 Å². The molecule has 1 aliphatic rings. The van der Waals surface area contributed by atoms with Crippen molar-refractivity contribution in [3.63, 3.8) is 0 Å². The Morgan fingerprint density at radius 1 is 0.783 bits per heavy atom. The molecule has 1 fully saturated rings. The van der Waals surface area contributed by atoms with Crippen molar-refractivity contribution in [3.8, 4) is 0 Å². The van der Waals surface area contributed by atoms with Crippen molar-refractivity contribution in [2.45, 2.75) is 53.9 Å². The number of nitrogens with zero attached hydrogens (tertiary/aromatic N) is 2. The Bertz CT molecular complexity index is 226. The lowest BCUT2D eigenvalue weighted by atomic mass is 10.3. The molecular weight excluding hydrogens is 316 g/mol. The smallest absolute Gasteiger partial charge is 0.376 e. The minimum Gasteiger partial charge on any atom is -0.376 e. The van der Waals surface area contributed by atoms with Gasteiger partial charge in [-0.3, -0.25) is 9.68 Å². The van der Waals surface area contributed by atoms with Crippen LogP contribution in [0.5, 0.6) is 0 Å². The molecule has 0 aromatic carbocycles. The quantitative estimate of drug-likeness (QED) is 0.373. The lowest BCUT2D eigenvalue weighted by molar-refractivity contribution is -0.472. The zero-order chi connectivity index (χ0) is 17.3. The molecule has 0 aliphatic carbocycles. The first-order valence-corrected chi connectivity index (χ1v) is 10.3. The van der Waals surface area contributed by atoms with Crippen molar-refractivity contribution in [1.29, 1.82) is 0 Å². The Kier molecular flexibility index (Phi) is 16.7. The summed E-state index contributed by atoms with van der Waals surface area (Å²) < 4.78 is 15.7. The molecular formula is C15H36N2O5Si. The van der Waals surface area contributed by atoms with E-state index in [2.05, 4.69) is 18.9 Å². The standard InChI is InChI=1S/C9H20N2O2.C6H16O3Si/c1-3-8-12-11(13-9-4-2)10-6-5-7-10;1-4-7-10(8-5-2)9-6-3/h3-9H2,1-2H3;10H,4-6H2,1-3H3. The molecule has 1 aliphatic heterocycles. The molecule has 0 unspecified atom stereocenters. The van der Waals surface area contributed by atoms with Crippen LogP contribution in [0.15, 0.2) is 0 Å². The van der Waals surface area contributed by atoms with Gasteiger partial charge in [0.1, 0.15) is 0 Å². The van der Waals surface area contributed by atoms with Gasteiger partial charge in [0, 0.05) is 38.2 Å². The van der Waals surface area contributed by atoms with Crippen molar-refractivity contribution in [3.05, 3.63) is 0 Å². The molecule has 0 saturated carbocycles. The highest BCUT2D eigenvalue weighted by Gasteiger charge is 2.23. The average molecular weight is 353 g/mol. The van der Waals surface area contributed by atoms with E-state index in [1.165, 1.54) is 6.42 Å². The lowest BCUT2D eigenvalue weighted by Crippen LogP contribution is -2.50. The highest BCUT2D eigenvalue weighted by Crippen LogP contribution is 2.11. The Labute approximate surface area is 143 Å². The zero-order valence-electron chi connectivity index (χ0n) is 15.6. The fourth-order valence-electron chi connectivity index (χ4n) is 1.55. The van der Waals surface area contributed by atoms with E-state index in [4.69, 9.17) is 23.0 Å². The van der Waals surface area contributed by atoms with Gasteiger partial charge in [-0.25, -0.2) is 0 Å². The number of hydrogen-bond acceptors (Lipinski definition) is 7. The second kappa shape index (κ2) is 16.8. The van der Waals surface area contributed by atoms with E-state index >= 15 is 0 Å². The van der Waals surface area contributed by atoms with Crippen LogP contribution in [0, 0.1) is 0 Å². The minimum absolute atomic E-state index is 0.677. The van der Waals surface area contributed by atoms with Gasteiger partial charge in [-0.1, -0.05) is 13.8 Å². The molecule has 0 bridgehead atoms. The second-order valence-corrected chi connectivity index (χ2v) is 6.44. The molecule has 0 aromatic rings. The van der Waals surface area contributed by atoms with Crippen LogP contribution in [-0.4, -0.2) is 66.0 Å². The van der Waals surface area contributed by atoms with Crippen LogP contribution in [0.2, 0.25) is 0 Å². The molecule has 8 heteroatoms. The molecule has 1 rings (SSSR count). The summed E-state index contributed by atoms with van der Waals surface area (Å²) in [6.45, 7) is 15.6. The molecule has 140 valence electrons. The van der Waals surface area contributed by atoms with Gasteiger partial charge in [0.15, 0.2) is 0 Å². The summed E-state index contributed by atoms with van der Waals surface area (Å²) in [7, 11) is -1.73. The molecule has 0 N–H and O–H groups in total. The highest BCUT2D eigenvalue weighted by atomic mass is 28.3. The van der Waals surface area contributed by atoms with Crippen LogP contribution in [0.25, 0.3) is 0 Å². The molecule has 1 saturated heterocycles. The van der Waals surface area contributed by atoms with Gasteiger partial charge in [0.2, 0.25) is 0 Å². The SMILES string of the molecule is CCCON(OCCC)N1CCC1.CCO[SiH](OCC)OCC. The molecule has 0 spiro atoms. The van der Waals surface area contributed by atoms with Gasteiger partial charge < -0.3 is 13.3 Å². The largest absolute Gasteiger partial charge is 0.484 e. The second-order valence-electron chi connectivity index (χ2n) is 4.87. The van der Waals surface area contributed by atoms with E-state index in [1.54, 1.807) is 5.34 Å². The molecule has 0 radical (unpaired) electrons. The minimum atomic E-state index is -1.73. The van der Waals surface area contributed by atoms with E-state index in [-0.39, 0.29) is 0 Å². The van der Waals surface area contributed by atoms with Crippen molar-refractivity contribution in [2.75, 3.05) is 46.1 Å². The van der Waals surface area contributed by atoms with Gasteiger partial charge in [0.25, 0.3) is 0 Å². The first-order chi connectivity index (χ1) is 11.2.